The fourth-order valence-corrected chi connectivity index (χ4v) is 0.378. The van der Waals surface area contributed by atoms with Gasteiger partial charge in [-0.3, -0.25) is 4.99 Å². The maximum absolute atomic E-state index is 6.99. The van der Waals surface area contributed by atoms with Gasteiger partial charge in [0.05, 0.1) is 0 Å². The normalized spacial score (nSPS) is 14.4. The second-order valence-corrected chi connectivity index (χ2v) is 1.69. The van der Waals surface area contributed by atoms with Crippen molar-refractivity contribution < 1.29 is 0 Å². The predicted molar refractivity (Wildman–Crippen MR) is 37.1 cm³/mol. The molecule has 0 rings (SSSR count). The van der Waals surface area contributed by atoms with E-state index in [-0.39, 0.29) is 0 Å². The quantitative estimate of drug-likeness (QED) is 0.464. The van der Waals surface area contributed by atoms with Crippen LogP contribution in [0, 0.1) is 0 Å². The smallest absolute Gasteiger partial charge is 0.0298 e. The molecule has 0 aliphatic rings. The van der Waals surface area contributed by atoms with Crippen molar-refractivity contribution in [2.75, 3.05) is 7.05 Å². The second-order valence-electron chi connectivity index (χ2n) is 1.69. The van der Waals surface area contributed by atoms with Crippen molar-refractivity contribution in [3.63, 3.8) is 0 Å². The lowest BCUT2D eigenvalue weighted by molar-refractivity contribution is 1.42. The highest BCUT2D eigenvalue weighted by atomic mass is 14.7. The predicted octanol–water partition coefficient (Wildman–Crippen LogP) is 2.03. The minimum atomic E-state index is 0.549. The molecule has 0 radical (unpaired) electrons. The summed E-state index contributed by atoms with van der Waals surface area (Å²) in [6.45, 7) is 3.60. The molecule has 0 heterocycles. The van der Waals surface area contributed by atoms with Crippen molar-refractivity contribution in [3.05, 3.63) is 17.5 Å². The first-order chi connectivity index (χ1) is 3.66. The van der Waals surface area contributed by atoms with Crippen LogP contribution in [0.4, 0.5) is 0 Å². The summed E-state index contributed by atoms with van der Waals surface area (Å²) in [5, 5.41) is 0. The van der Waals surface area contributed by atoms with Crippen LogP contribution in [0.1, 0.15) is 13.8 Å². The molecule has 2 heteroatoms. The molecule has 0 unspecified atom stereocenters. The van der Waals surface area contributed by atoms with E-state index < -0.39 is 0 Å². The molecule has 0 atom stereocenters. The molecule has 8 heavy (non-hydrogen) atoms. The number of allylic oxidation sites excluding steroid dienone is 2. The zero-order chi connectivity index (χ0) is 6.57. The van der Waals surface area contributed by atoms with Crippen molar-refractivity contribution >= 4 is 5.71 Å². The Balaban J connectivity index is 3.89. The number of nitrogens with zero attached hydrogens (tertiary/aromatic N) is 1. The Kier molecular flexibility index (Phi) is 2.92. The first-order valence-electron chi connectivity index (χ1n) is 2.50. The summed E-state index contributed by atoms with van der Waals surface area (Å²) in [7, 11) is 1.72. The number of rotatable bonds is 1. The Morgan fingerprint density at radius 3 is 2.12 bits per heavy atom. The highest BCUT2D eigenvalue weighted by molar-refractivity contribution is 5.93. The molecule has 0 saturated carbocycles. The number of nitrogens with one attached hydrogen (secondary N) is 1. The minimum Gasteiger partial charge on any atom is -0.702 e. The van der Waals surface area contributed by atoms with Gasteiger partial charge in [-0.2, -0.15) is 5.70 Å². The molecule has 0 saturated heterocycles. The van der Waals surface area contributed by atoms with E-state index in [0.29, 0.717) is 5.70 Å². The molecular weight excluding hydrogens is 100 g/mol. The van der Waals surface area contributed by atoms with Gasteiger partial charge in [-0.25, -0.2) is 0 Å². The third kappa shape index (κ3) is 3.40. The van der Waals surface area contributed by atoms with Crippen molar-refractivity contribution in [2.24, 2.45) is 4.99 Å². The summed E-state index contributed by atoms with van der Waals surface area (Å²) < 4.78 is 0. The molecule has 0 fully saturated rings. The fraction of sp³-hybridized carbons (Fsp3) is 0.500. The Bertz CT molecular complexity index is 118. The molecule has 0 spiro atoms. The summed E-state index contributed by atoms with van der Waals surface area (Å²) in [6, 6.07) is 0. The number of aliphatic imine (C=N–C) groups is 1. The van der Waals surface area contributed by atoms with E-state index in [1.807, 2.05) is 6.92 Å². The molecule has 0 bridgehead atoms. The van der Waals surface area contributed by atoms with Crippen LogP contribution < -0.4 is 0 Å². The maximum atomic E-state index is 6.99. The van der Waals surface area contributed by atoms with Crippen LogP contribution in [0.2, 0.25) is 0 Å². The van der Waals surface area contributed by atoms with Crippen LogP contribution in [0.15, 0.2) is 16.8 Å². The Morgan fingerprint density at radius 2 is 2.00 bits per heavy atom. The van der Waals surface area contributed by atoms with E-state index in [0.717, 1.165) is 5.71 Å². The van der Waals surface area contributed by atoms with Gasteiger partial charge in [0.25, 0.3) is 0 Å². The van der Waals surface area contributed by atoms with Crippen LogP contribution in [-0.4, -0.2) is 12.8 Å². The van der Waals surface area contributed by atoms with Crippen molar-refractivity contribution in [3.8, 4) is 0 Å². The molecule has 0 aromatic carbocycles. The van der Waals surface area contributed by atoms with E-state index in [2.05, 4.69) is 4.99 Å². The SMILES string of the molecule is CN=C(C)/C=C(/C)[NH-]. The fourth-order valence-electron chi connectivity index (χ4n) is 0.378. The lowest BCUT2D eigenvalue weighted by atomic mass is 10.3. The molecule has 0 aliphatic carbocycles. The number of hydrogen-bond acceptors (Lipinski definition) is 1. The van der Waals surface area contributed by atoms with Gasteiger partial charge >= 0.3 is 0 Å². The van der Waals surface area contributed by atoms with Gasteiger partial charge in [0.15, 0.2) is 0 Å². The van der Waals surface area contributed by atoms with E-state index in [1.165, 1.54) is 0 Å². The monoisotopic (exact) mass is 111 g/mol. The van der Waals surface area contributed by atoms with Gasteiger partial charge in [0, 0.05) is 12.8 Å². The zero-order valence-corrected chi connectivity index (χ0v) is 5.52. The zero-order valence-electron chi connectivity index (χ0n) is 5.52. The van der Waals surface area contributed by atoms with Crippen molar-refractivity contribution in [2.45, 2.75) is 13.8 Å². The summed E-state index contributed by atoms with van der Waals surface area (Å²) in [4.78, 5) is 3.85. The summed E-state index contributed by atoms with van der Waals surface area (Å²) in [6.07, 6.45) is 1.72. The Labute approximate surface area is 50.1 Å². The van der Waals surface area contributed by atoms with E-state index >= 15 is 0 Å². The van der Waals surface area contributed by atoms with Crippen LogP contribution in [0.3, 0.4) is 0 Å². The highest BCUT2D eigenvalue weighted by Gasteiger charge is 1.74. The molecule has 0 aromatic heterocycles. The van der Waals surface area contributed by atoms with Gasteiger partial charge in [-0.15, -0.1) is 0 Å². The second kappa shape index (κ2) is 3.24. The molecule has 0 aromatic rings. The first-order valence-corrected chi connectivity index (χ1v) is 2.50. The molecule has 46 valence electrons. The highest BCUT2D eigenvalue weighted by Crippen LogP contribution is 1.90. The molecule has 0 amide bonds. The molecule has 0 aliphatic heterocycles. The van der Waals surface area contributed by atoms with Gasteiger partial charge in [-0.05, 0) is 6.92 Å². The van der Waals surface area contributed by atoms with Crippen LogP contribution in [0.5, 0.6) is 0 Å². The minimum absolute atomic E-state index is 0.549. The summed E-state index contributed by atoms with van der Waals surface area (Å²) in [5.74, 6) is 0. The third-order valence-electron chi connectivity index (χ3n) is 0.778. The van der Waals surface area contributed by atoms with Gasteiger partial charge in [0.2, 0.25) is 0 Å². The summed E-state index contributed by atoms with van der Waals surface area (Å²) >= 11 is 0. The molecule has 1 N–H and O–H groups in total. The standard InChI is InChI=1S/C6H11N2/c1-5(7)4-6(2)8-3/h4,7H,1-3H3/q-1/b5-4-,8-6?. The average Bonchev–Trinajstić information content (AvgIpc) is 1.65. The number of hydrogen-bond donors (Lipinski definition) is 0. The van der Waals surface area contributed by atoms with Crippen LogP contribution in [0.25, 0.3) is 5.73 Å². The topological polar surface area (TPSA) is 36.2 Å². The average molecular weight is 111 g/mol. The van der Waals surface area contributed by atoms with E-state index in [1.54, 1.807) is 20.0 Å². The van der Waals surface area contributed by atoms with Gasteiger partial charge in [-0.1, -0.05) is 13.0 Å². The first kappa shape index (κ1) is 7.21. The lowest BCUT2D eigenvalue weighted by Crippen LogP contribution is -1.82. The van der Waals surface area contributed by atoms with Crippen LogP contribution >= 0.6 is 0 Å². The molecule has 2 nitrogen and oxygen atoms in total. The lowest BCUT2D eigenvalue weighted by Gasteiger charge is -1.98. The Morgan fingerprint density at radius 1 is 1.50 bits per heavy atom. The largest absolute Gasteiger partial charge is 0.702 e. The summed E-state index contributed by atoms with van der Waals surface area (Å²) in [5.41, 5.74) is 8.44. The van der Waals surface area contributed by atoms with E-state index in [9.17, 15) is 0 Å². The van der Waals surface area contributed by atoms with Gasteiger partial charge < -0.3 is 5.73 Å². The van der Waals surface area contributed by atoms with Crippen molar-refractivity contribution in [1.29, 1.82) is 0 Å². The molecular formula is C6H11N2-. The van der Waals surface area contributed by atoms with E-state index in [4.69, 9.17) is 5.73 Å². The third-order valence-corrected chi connectivity index (χ3v) is 0.778. The van der Waals surface area contributed by atoms with Gasteiger partial charge in [0.1, 0.15) is 0 Å². The Hall–Kier alpha value is -0.790. The van der Waals surface area contributed by atoms with Crippen LogP contribution in [-0.2, 0) is 0 Å². The van der Waals surface area contributed by atoms with Crippen molar-refractivity contribution in [1.82, 2.24) is 0 Å². The maximum Gasteiger partial charge on any atom is 0.0298 e.